The van der Waals surface area contributed by atoms with Gasteiger partial charge in [0.1, 0.15) is 0 Å². The fourth-order valence-electron chi connectivity index (χ4n) is 2.15. The van der Waals surface area contributed by atoms with Gasteiger partial charge in [0.2, 0.25) is 0 Å². The minimum atomic E-state index is -0.678. The number of hydrogen-bond donors (Lipinski definition) is 3. The molecule has 2 rings (SSSR count). The topological polar surface area (TPSA) is 78.4 Å². The van der Waals surface area contributed by atoms with Crippen molar-refractivity contribution in [3.05, 3.63) is 54.6 Å². The third-order valence-electron chi connectivity index (χ3n) is 3.43. The molecular weight excluding hydrogens is 336 g/mol. The molecule has 5 nitrogen and oxygen atoms in total. The number of hydrogen-bond acceptors (Lipinski definition) is 4. The van der Waals surface area contributed by atoms with Gasteiger partial charge in [-0.05, 0) is 43.5 Å². The maximum Gasteiger partial charge on any atom is 0.313 e. The summed E-state index contributed by atoms with van der Waals surface area (Å²) >= 11 is 1.52. The van der Waals surface area contributed by atoms with Gasteiger partial charge in [0.25, 0.3) is 0 Å². The van der Waals surface area contributed by atoms with Crippen LogP contribution in [0.4, 0.5) is 5.69 Å². The highest BCUT2D eigenvalue weighted by Crippen LogP contribution is 2.33. The van der Waals surface area contributed by atoms with Gasteiger partial charge in [0.15, 0.2) is 0 Å². The molecule has 0 saturated carbocycles. The number of aliphatic hydroxyl groups is 1. The molecule has 0 saturated heterocycles. The van der Waals surface area contributed by atoms with Gasteiger partial charge in [-0.2, -0.15) is 0 Å². The van der Waals surface area contributed by atoms with Crippen molar-refractivity contribution in [1.82, 2.24) is 5.32 Å². The molecule has 0 aromatic heterocycles. The van der Waals surface area contributed by atoms with E-state index in [0.717, 1.165) is 22.6 Å². The van der Waals surface area contributed by atoms with Crippen LogP contribution in [-0.4, -0.2) is 30.1 Å². The summed E-state index contributed by atoms with van der Waals surface area (Å²) in [5, 5.41) is 14.0. The number of amides is 2. The molecule has 25 heavy (non-hydrogen) atoms. The lowest BCUT2D eigenvalue weighted by molar-refractivity contribution is -0.136. The van der Waals surface area contributed by atoms with E-state index in [4.69, 9.17) is 5.11 Å². The predicted octanol–water partition coefficient (Wildman–Crippen LogP) is 3.06. The van der Waals surface area contributed by atoms with Crippen LogP contribution in [-0.2, 0) is 9.59 Å². The molecule has 0 aliphatic rings. The standard InChI is InChI=1S/C19H22N2O3S/c22-14-8-2-7-13-20-18(23)19(24)21-16-11-5-6-12-17(16)25-15-9-3-1-4-10-15/h1,3-6,9-12,22H,2,7-8,13-14H2,(H,20,23)(H,21,24). The highest BCUT2D eigenvalue weighted by molar-refractivity contribution is 7.99. The van der Waals surface area contributed by atoms with E-state index in [-0.39, 0.29) is 6.61 Å². The van der Waals surface area contributed by atoms with Gasteiger partial charge < -0.3 is 15.7 Å². The molecule has 0 unspecified atom stereocenters. The van der Waals surface area contributed by atoms with Crippen LogP contribution in [0.25, 0.3) is 0 Å². The summed E-state index contributed by atoms with van der Waals surface area (Å²) in [6.45, 7) is 0.566. The lowest BCUT2D eigenvalue weighted by Crippen LogP contribution is -2.36. The van der Waals surface area contributed by atoms with Crippen LogP contribution in [0.1, 0.15) is 19.3 Å². The minimum Gasteiger partial charge on any atom is -0.396 e. The lowest BCUT2D eigenvalue weighted by atomic mass is 10.2. The van der Waals surface area contributed by atoms with E-state index in [1.165, 1.54) is 11.8 Å². The zero-order valence-corrected chi connectivity index (χ0v) is 14.7. The van der Waals surface area contributed by atoms with Crippen LogP contribution in [0.3, 0.4) is 0 Å². The van der Waals surface area contributed by atoms with E-state index in [9.17, 15) is 9.59 Å². The fourth-order valence-corrected chi connectivity index (χ4v) is 3.07. The lowest BCUT2D eigenvalue weighted by Gasteiger charge is -2.11. The maximum atomic E-state index is 12.1. The van der Waals surface area contributed by atoms with Crippen LogP contribution in [0.2, 0.25) is 0 Å². The summed E-state index contributed by atoms with van der Waals surface area (Å²) in [4.78, 5) is 25.9. The Hall–Kier alpha value is -2.31. The molecule has 132 valence electrons. The summed E-state index contributed by atoms with van der Waals surface area (Å²) in [6.07, 6.45) is 2.25. The van der Waals surface area contributed by atoms with Crippen molar-refractivity contribution in [2.75, 3.05) is 18.5 Å². The molecule has 0 aliphatic carbocycles. The third kappa shape index (κ3) is 6.60. The van der Waals surface area contributed by atoms with Crippen LogP contribution < -0.4 is 10.6 Å². The number of carbonyl (C=O) groups is 2. The van der Waals surface area contributed by atoms with Gasteiger partial charge in [-0.25, -0.2) is 0 Å². The molecule has 0 radical (unpaired) electrons. The second-order valence-electron chi connectivity index (χ2n) is 5.41. The average Bonchev–Trinajstić information content (AvgIpc) is 2.64. The molecule has 3 N–H and O–H groups in total. The Bertz CT molecular complexity index is 692. The second-order valence-corrected chi connectivity index (χ2v) is 6.52. The summed E-state index contributed by atoms with van der Waals surface area (Å²) in [6, 6.07) is 17.2. The molecule has 2 aromatic carbocycles. The van der Waals surface area contributed by atoms with Crippen LogP contribution in [0.15, 0.2) is 64.4 Å². The van der Waals surface area contributed by atoms with Gasteiger partial charge >= 0.3 is 11.8 Å². The van der Waals surface area contributed by atoms with E-state index < -0.39 is 11.8 Å². The van der Waals surface area contributed by atoms with Gasteiger partial charge in [0.05, 0.1) is 5.69 Å². The Labute approximate surface area is 151 Å². The molecule has 0 spiro atoms. The Morgan fingerprint density at radius 2 is 1.60 bits per heavy atom. The first-order valence-corrected chi connectivity index (χ1v) is 9.04. The number of benzene rings is 2. The monoisotopic (exact) mass is 358 g/mol. The Balaban J connectivity index is 1.91. The smallest absolute Gasteiger partial charge is 0.313 e. The maximum absolute atomic E-state index is 12.1. The molecule has 0 heterocycles. The molecule has 2 amide bonds. The molecule has 6 heteroatoms. The van der Waals surface area contributed by atoms with Crippen LogP contribution >= 0.6 is 11.8 Å². The zero-order chi connectivity index (χ0) is 17.9. The summed E-state index contributed by atoms with van der Waals surface area (Å²) in [7, 11) is 0. The molecular formula is C19H22N2O3S. The Kier molecular flexibility index (Phi) is 8.01. The number of rotatable bonds is 8. The molecule has 0 fully saturated rings. The van der Waals surface area contributed by atoms with Gasteiger partial charge in [0, 0.05) is 22.9 Å². The van der Waals surface area contributed by atoms with E-state index in [2.05, 4.69) is 10.6 Å². The van der Waals surface area contributed by atoms with Gasteiger partial charge in [-0.15, -0.1) is 0 Å². The van der Waals surface area contributed by atoms with Crippen molar-refractivity contribution >= 4 is 29.3 Å². The van der Waals surface area contributed by atoms with Crippen LogP contribution in [0, 0.1) is 0 Å². The number of anilines is 1. The minimum absolute atomic E-state index is 0.143. The van der Waals surface area contributed by atoms with Crippen LogP contribution in [0.5, 0.6) is 0 Å². The number of nitrogens with one attached hydrogen (secondary N) is 2. The third-order valence-corrected chi connectivity index (χ3v) is 4.52. The fraction of sp³-hybridized carbons (Fsp3) is 0.263. The summed E-state index contributed by atoms with van der Waals surface area (Å²) in [5.74, 6) is -1.33. The van der Waals surface area contributed by atoms with Crippen molar-refractivity contribution < 1.29 is 14.7 Å². The second kappa shape index (κ2) is 10.5. The van der Waals surface area contributed by atoms with Crippen molar-refractivity contribution in [2.45, 2.75) is 29.1 Å². The quantitative estimate of drug-likeness (QED) is 0.501. The number of unbranched alkanes of at least 4 members (excludes halogenated alkanes) is 2. The number of aliphatic hydroxyl groups excluding tert-OH is 1. The van der Waals surface area contributed by atoms with E-state index in [0.29, 0.717) is 18.7 Å². The summed E-state index contributed by atoms with van der Waals surface area (Å²) in [5.41, 5.74) is 0.608. The molecule has 0 aliphatic heterocycles. The molecule has 0 atom stereocenters. The van der Waals surface area contributed by atoms with E-state index in [1.807, 2.05) is 48.5 Å². The number of para-hydroxylation sites is 1. The largest absolute Gasteiger partial charge is 0.396 e. The van der Waals surface area contributed by atoms with Crippen molar-refractivity contribution in [2.24, 2.45) is 0 Å². The van der Waals surface area contributed by atoms with Crippen molar-refractivity contribution in [3.8, 4) is 0 Å². The van der Waals surface area contributed by atoms with Gasteiger partial charge in [-0.3, -0.25) is 9.59 Å². The first-order valence-electron chi connectivity index (χ1n) is 8.22. The van der Waals surface area contributed by atoms with Crippen molar-refractivity contribution in [1.29, 1.82) is 0 Å². The first kappa shape index (κ1) is 19.0. The normalized spacial score (nSPS) is 10.3. The highest BCUT2D eigenvalue weighted by Gasteiger charge is 2.15. The van der Waals surface area contributed by atoms with Gasteiger partial charge in [-0.1, -0.05) is 42.1 Å². The van der Waals surface area contributed by atoms with Crippen molar-refractivity contribution in [3.63, 3.8) is 0 Å². The molecule has 2 aromatic rings. The van der Waals surface area contributed by atoms with E-state index in [1.54, 1.807) is 6.07 Å². The highest BCUT2D eigenvalue weighted by atomic mass is 32.2. The molecule has 0 bridgehead atoms. The zero-order valence-electron chi connectivity index (χ0n) is 13.9. The SMILES string of the molecule is O=C(NCCCCCO)C(=O)Nc1ccccc1Sc1ccccc1. The average molecular weight is 358 g/mol. The number of carbonyl (C=O) groups excluding carboxylic acids is 2. The predicted molar refractivity (Wildman–Crippen MR) is 99.6 cm³/mol. The Morgan fingerprint density at radius 1 is 0.880 bits per heavy atom. The summed E-state index contributed by atoms with van der Waals surface area (Å²) < 4.78 is 0. The van der Waals surface area contributed by atoms with E-state index >= 15 is 0 Å². The Morgan fingerprint density at radius 3 is 2.36 bits per heavy atom. The first-order chi connectivity index (χ1) is 12.2.